The van der Waals surface area contributed by atoms with Gasteiger partial charge in [-0.25, -0.2) is 13.1 Å². The molecule has 4 N–H and O–H groups in total. The topological polar surface area (TPSA) is 101 Å². The molecule has 112 valence electrons. The lowest BCUT2D eigenvalue weighted by molar-refractivity contribution is -0.125. The quantitative estimate of drug-likeness (QED) is 0.472. The molecule has 1 fully saturated rings. The third-order valence-electron chi connectivity index (χ3n) is 3.42. The Morgan fingerprint density at radius 3 is 2.58 bits per heavy atom. The number of nitrogens with one attached hydrogen (secondary N) is 2. The molecule has 0 heterocycles. The first-order chi connectivity index (χ1) is 8.90. The third kappa shape index (κ3) is 6.89. The van der Waals surface area contributed by atoms with Crippen molar-refractivity contribution in [3.8, 4) is 0 Å². The average molecular weight is 291 g/mol. The van der Waals surface area contributed by atoms with E-state index in [0.29, 0.717) is 19.5 Å². The lowest BCUT2D eigenvalue weighted by Crippen LogP contribution is -2.42. The highest BCUT2D eigenvalue weighted by Crippen LogP contribution is 2.22. The number of hydrogen-bond donors (Lipinski definition) is 3. The predicted octanol–water partition coefficient (Wildman–Crippen LogP) is -0.0505. The molecule has 2 atom stereocenters. The molecule has 2 unspecified atom stereocenters. The summed E-state index contributed by atoms with van der Waals surface area (Å²) in [5.74, 6) is -0.0841. The van der Waals surface area contributed by atoms with Crippen molar-refractivity contribution in [2.75, 3.05) is 19.3 Å². The summed E-state index contributed by atoms with van der Waals surface area (Å²) in [6.07, 6.45) is 6.78. The van der Waals surface area contributed by atoms with Gasteiger partial charge >= 0.3 is 0 Å². The molecule has 0 aromatic heterocycles. The van der Waals surface area contributed by atoms with E-state index >= 15 is 0 Å². The minimum Gasteiger partial charge on any atom is -0.356 e. The first-order valence-corrected chi connectivity index (χ1v) is 8.77. The van der Waals surface area contributed by atoms with Crippen LogP contribution in [0.2, 0.25) is 0 Å². The van der Waals surface area contributed by atoms with E-state index in [-0.39, 0.29) is 17.9 Å². The fourth-order valence-corrected chi connectivity index (χ4v) is 2.87. The van der Waals surface area contributed by atoms with Crippen LogP contribution in [0.1, 0.15) is 38.5 Å². The van der Waals surface area contributed by atoms with E-state index < -0.39 is 10.0 Å². The van der Waals surface area contributed by atoms with Gasteiger partial charge < -0.3 is 11.1 Å². The Labute approximate surface area is 115 Å². The molecule has 1 aliphatic carbocycles. The molecule has 0 spiro atoms. The molecule has 7 heteroatoms. The summed E-state index contributed by atoms with van der Waals surface area (Å²) in [7, 11) is -3.14. The zero-order valence-electron chi connectivity index (χ0n) is 11.5. The summed E-state index contributed by atoms with van der Waals surface area (Å²) in [5.41, 5.74) is 6.01. The van der Waals surface area contributed by atoms with Crippen molar-refractivity contribution >= 4 is 15.9 Å². The Morgan fingerprint density at radius 1 is 1.21 bits per heavy atom. The van der Waals surface area contributed by atoms with Crippen molar-refractivity contribution in [3.63, 3.8) is 0 Å². The van der Waals surface area contributed by atoms with Crippen LogP contribution in [0.25, 0.3) is 0 Å². The maximum atomic E-state index is 12.0. The summed E-state index contributed by atoms with van der Waals surface area (Å²) >= 11 is 0. The summed E-state index contributed by atoms with van der Waals surface area (Å²) < 4.78 is 24.1. The van der Waals surface area contributed by atoms with Gasteiger partial charge in [0.2, 0.25) is 15.9 Å². The highest BCUT2D eigenvalue weighted by Gasteiger charge is 2.26. The molecule has 19 heavy (non-hydrogen) atoms. The van der Waals surface area contributed by atoms with E-state index in [1.807, 2.05) is 0 Å². The van der Waals surface area contributed by atoms with E-state index in [2.05, 4.69) is 10.0 Å². The second kappa shape index (κ2) is 7.81. The Balaban J connectivity index is 2.23. The van der Waals surface area contributed by atoms with Gasteiger partial charge in [0.15, 0.2) is 0 Å². The van der Waals surface area contributed by atoms with Crippen LogP contribution >= 0.6 is 0 Å². The Bertz CT molecular complexity index is 384. The number of carbonyl (C=O) groups is 1. The van der Waals surface area contributed by atoms with E-state index in [9.17, 15) is 13.2 Å². The SMILES string of the molecule is CS(=O)(=O)NCCCNC(=O)C1CCCCCC1N. The Hall–Kier alpha value is -0.660. The zero-order chi connectivity index (χ0) is 14.3. The standard InChI is InChI=1S/C12H25N3O3S/c1-19(17,18)15-9-5-8-14-12(16)10-6-3-2-4-7-11(10)13/h10-11,15H,2-9,13H2,1H3,(H,14,16). The Morgan fingerprint density at radius 2 is 1.89 bits per heavy atom. The largest absolute Gasteiger partial charge is 0.356 e. The van der Waals surface area contributed by atoms with Crippen molar-refractivity contribution in [2.45, 2.75) is 44.6 Å². The van der Waals surface area contributed by atoms with E-state index in [1.54, 1.807) is 0 Å². The summed E-state index contributed by atoms with van der Waals surface area (Å²) in [4.78, 5) is 12.0. The van der Waals surface area contributed by atoms with Crippen molar-refractivity contribution in [1.29, 1.82) is 0 Å². The summed E-state index contributed by atoms with van der Waals surface area (Å²) in [6.45, 7) is 0.820. The van der Waals surface area contributed by atoms with E-state index in [4.69, 9.17) is 5.73 Å². The maximum Gasteiger partial charge on any atom is 0.224 e. The number of hydrogen-bond acceptors (Lipinski definition) is 4. The highest BCUT2D eigenvalue weighted by atomic mass is 32.2. The summed E-state index contributed by atoms with van der Waals surface area (Å²) in [6, 6.07) is -0.0448. The fraction of sp³-hybridized carbons (Fsp3) is 0.917. The van der Waals surface area contributed by atoms with Gasteiger partial charge in [0.05, 0.1) is 12.2 Å². The van der Waals surface area contributed by atoms with Crippen molar-refractivity contribution in [3.05, 3.63) is 0 Å². The molecule has 0 bridgehead atoms. The fourth-order valence-electron chi connectivity index (χ4n) is 2.35. The smallest absolute Gasteiger partial charge is 0.224 e. The Kier molecular flexibility index (Phi) is 6.74. The van der Waals surface area contributed by atoms with Crippen LogP contribution in [0.5, 0.6) is 0 Å². The van der Waals surface area contributed by atoms with Crippen LogP contribution < -0.4 is 15.8 Å². The molecule has 0 saturated heterocycles. The molecular weight excluding hydrogens is 266 g/mol. The van der Waals surface area contributed by atoms with Crippen molar-refractivity contribution in [2.24, 2.45) is 11.7 Å². The van der Waals surface area contributed by atoms with Gasteiger partial charge in [-0.15, -0.1) is 0 Å². The van der Waals surface area contributed by atoms with Gasteiger partial charge in [0.25, 0.3) is 0 Å². The van der Waals surface area contributed by atoms with Crippen molar-refractivity contribution in [1.82, 2.24) is 10.0 Å². The number of nitrogens with two attached hydrogens (primary N) is 1. The second-order valence-electron chi connectivity index (χ2n) is 5.22. The molecule has 1 rings (SSSR count). The van der Waals surface area contributed by atoms with Gasteiger partial charge in [-0.1, -0.05) is 19.3 Å². The number of sulfonamides is 1. The molecule has 6 nitrogen and oxygen atoms in total. The van der Waals surface area contributed by atoms with Crippen LogP contribution in [0.3, 0.4) is 0 Å². The van der Waals surface area contributed by atoms with Gasteiger partial charge in [-0.3, -0.25) is 4.79 Å². The average Bonchev–Trinajstić information content (AvgIpc) is 2.51. The molecular formula is C12H25N3O3S. The first-order valence-electron chi connectivity index (χ1n) is 6.88. The number of rotatable bonds is 6. The number of carbonyl (C=O) groups excluding carboxylic acids is 1. The normalized spacial score (nSPS) is 24.7. The van der Waals surface area contributed by atoms with Crippen LogP contribution in [0.4, 0.5) is 0 Å². The predicted molar refractivity (Wildman–Crippen MR) is 75.0 cm³/mol. The molecule has 0 aliphatic heterocycles. The molecule has 0 radical (unpaired) electrons. The van der Waals surface area contributed by atoms with Crippen molar-refractivity contribution < 1.29 is 13.2 Å². The monoisotopic (exact) mass is 291 g/mol. The second-order valence-corrected chi connectivity index (χ2v) is 7.05. The lowest BCUT2D eigenvalue weighted by atomic mass is 9.94. The highest BCUT2D eigenvalue weighted by molar-refractivity contribution is 7.88. The molecule has 1 saturated carbocycles. The van der Waals surface area contributed by atoms with E-state index in [0.717, 1.165) is 38.4 Å². The van der Waals surface area contributed by atoms with E-state index in [1.165, 1.54) is 0 Å². The minimum atomic E-state index is -3.14. The third-order valence-corrected chi connectivity index (χ3v) is 4.15. The molecule has 1 aliphatic rings. The van der Waals surface area contributed by atoms with Gasteiger partial charge in [0, 0.05) is 19.1 Å². The molecule has 1 amide bonds. The van der Waals surface area contributed by atoms with Crippen LogP contribution in [-0.2, 0) is 14.8 Å². The first kappa shape index (κ1) is 16.4. The molecule has 0 aromatic carbocycles. The van der Waals surface area contributed by atoms with Crippen LogP contribution in [0, 0.1) is 5.92 Å². The number of amides is 1. The maximum absolute atomic E-state index is 12.0. The van der Waals surface area contributed by atoms with Crippen LogP contribution in [0.15, 0.2) is 0 Å². The minimum absolute atomic E-state index is 0.00811. The van der Waals surface area contributed by atoms with Gasteiger partial charge in [0.1, 0.15) is 0 Å². The van der Waals surface area contributed by atoms with Gasteiger partial charge in [-0.05, 0) is 19.3 Å². The zero-order valence-corrected chi connectivity index (χ0v) is 12.3. The van der Waals surface area contributed by atoms with Crippen LogP contribution in [-0.4, -0.2) is 39.7 Å². The van der Waals surface area contributed by atoms with Gasteiger partial charge in [-0.2, -0.15) is 0 Å². The lowest BCUT2D eigenvalue weighted by Gasteiger charge is -2.20. The summed E-state index contributed by atoms with van der Waals surface area (Å²) in [5, 5.41) is 2.84. The molecule has 0 aromatic rings.